The molecule has 1 aromatic rings. The smallest absolute Gasteiger partial charge is 0.308 e. The topological polar surface area (TPSA) is 63.5 Å². The van der Waals surface area contributed by atoms with Crippen molar-refractivity contribution in [2.45, 2.75) is 45.2 Å². The number of piperidine rings is 1. The van der Waals surface area contributed by atoms with Crippen molar-refractivity contribution in [1.29, 1.82) is 0 Å². The highest BCUT2D eigenvalue weighted by Crippen LogP contribution is 2.28. The molecule has 1 aliphatic heterocycles. The van der Waals surface area contributed by atoms with Crippen LogP contribution in [-0.4, -0.2) is 27.8 Å². The fourth-order valence-electron chi connectivity index (χ4n) is 2.82. The molecule has 1 amide bonds. The molecule has 0 spiro atoms. The lowest BCUT2D eigenvalue weighted by Crippen LogP contribution is -2.47. The second-order valence-corrected chi connectivity index (χ2v) is 5.38. The first kappa shape index (κ1) is 15.3. The molecule has 1 saturated heterocycles. The second-order valence-electron chi connectivity index (χ2n) is 5.38. The Morgan fingerprint density at radius 3 is 2.38 bits per heavy atom. The molecule has 1 aromatic carbocycles. The zero-order valence-corrected chi connectivity index (χ0v) is 11.8. The number of benzene rings is 1. The molecule has 5 nitrogen and oxygen atoms in total. The number of hydrogen-bond acceptors (Lipinski definition) is 3. The number of nitro benzene ring substituents is 1. The molecular weight excluding hydrogens is 282 g/mol. The van der Waals surface area contributed by atoms with Crippen molar-refractivity contribution in [1.82, 2.24) is 4.90 Å². The lowest BCUT2D eigenvalue weighted by Gasteiger charge is -2.39. The SMILES string of the molecule is C[C@@H]1CCC[C@H](C)N1C(=O)c1cc(F)cc([N+](=O)[O-])c1F. The summed E-state index contributed by atoms with van der Waals surface area (Å²) in [5, 5.41) is 10.7. The Balaban J connectivity index is 2.45. The molecule has 2 rings (SSSR count). The molecule has 7 heteroatoms. The van der Waals surface area contributed by atoms with Crippen LogP contribution in [0.3, 0.4) is 0 Å². The Bertz CT molecular complexity index is 582. The van der Waals surface area contributed by atoms with Gasteiger partial charge in [-0.15, -0.1) is 0 Å². The lowest BCUT2D eigenvalue weighted by atomic mass is 9.96. The molecule has 0 unspecified atom stereocenters. The van der Waals surface area contributed by atoms with Gasteiger partial charge in [-0.05, 0) is 39.2 Å². The molecule has 0 radical (unpaired) electrons. The van der Waals surface area contributed by atoms with Gasteiger partial charge in [-0.1, -0.05) is 0 Å². The van der Waals surface area contributed by atoms with Crippen LogP contribution < -0.4 is 0 Å². The maximum atomic E-state index is 14.1. The summed E-state index contributed by atoms with van der Waals surface area (Å²) in [7, 11) is 0. The van der Waals surface area contributed by atoms with Gasteiger partial charge >= 0.3 is 5.69 Å². The van der Waals surface area contributed by atoms with Crippen molar-refractivity contribution in [3.8, 4) is 0 Å². The van der Waals surface area contributed by atoms with Crippen molar-refractivity contribution < 1.29 is 18.5 Å². The Morgan fingerprint density at radius 2 is 1.86 bits per heavy atom. The normalized spacial score (nSPS) is 22.2. The van der Waals surface area contributed by atoms with E-state index in [0.29, 0.717) is 6.07 Å². The van der Waals surface area contributed by atoms with E-state index in [1.165, 1.54) is 4.90 Å². The van der Waals surface area contributed by atoms with Gasteiger partial charge in [0.25, 0.3) is 5.91 Å². The standard InChI is InChI=1S/C14H16F2N2O3/c1-8-4-3-5-9(2)17(8)14(19)11-6-10(15)7-12(13(11)16)18(20)21/h6-9H,3-5H2,1-2H3/t8-,9+. The van der Waals surface area contributed by atoms with E-state index < -0.39 is 33.7 Å². The highest BCUT2D eigenvalue weighted by molar-refractivity contribution is 5.95. The van der Waals surface area contributed by atoms with E-state index in [1.807, 2.05) is 13.8 Å². The Morgan fingerprint density at radius 1 is 1.29 bits per heavy atom. The van der Waals surface area contributed by atoms with Crippen LogP contribution in [-0.2, 0) is 0 Å². The molecule has 21 heavy (non-hydrogen) atoms. The minimum Gasteiger partial charge on any atom is -0.333 e. The molecule has 0 aromatic heterocycles. The predicted molar refractivity (Wildman–Crippen MR) is 72.0 cm³/mol. The van der Waals surface area contributed by atoms with Gasteiger partial charge in [-0.25, -0.2) is 4.39 Å². The molecule has 114 valence electrons. The third kappa shape index (κ3) is 2.86. The van der Waals surface area contributed by atoms with Crippen molar-refractivity contribution in [2.24, 2.45) is 0 Å². The van der Waals surface area contributed by atoms with Gasteiger partial charge in [-0.3, -0.25) is 14.9 Å². The molecule has 2 atom stereocenters. The van der Waals surface area contributed by atoms with Crippen LogP contribution in [0.5, 0.6) is 0 Å². The molecule has 0 N–H and O–H groups in total. The second kappa shape index (κ2) is 5.75. The largest absolute Gasteiger partial charge is 0.333 e. The van der Waals surface area contributed by atoms with Crippen LogP contribution in [0, 0.1) is 21.7 Å². The number of halogens is 2. The monoisotopic (exact) mass is 298 g/mol. The summed E-state index contributed by atoms with van der Waals surface area (Å²) in [4.78, 5) is 23.6. The summed E-state index contributed by atoms with van der Waals surface area (Å²) >= 11 is 0. The number of nitrogens with zero attached hydrogens (tertiary/aromatic N) is 2. The number of carbonyl (C=O) groups is 1. The van der Waals surface area contributed by atoms with Gasteiger partial charge in [0.2, 0.25) is 5.82 Å². The predicted octanol–water partition coefficient (Wildman–Crippen LogP) is 3.28. The Hall–Kier alpha value is -2.05. The Kier molecular flexibility index (Phi) is 4.20. The average molecular weight is 298 g/mol. The van der Waals surface area contributed by atoms with Crippen molar-refractivity contribution in [2.75, 3.05) is 0 Å². The van der Waals surface area contributed by atoms with E-state index in [-0.39, 0.29) is 12.1 Å². The lowest BCUT2D eigenvalue weighted by molar-refractivity contribution is -0.387. The average Bonchev–Trinajstić information content (AvgIpc) is 2.40. The maximum Gasteiger partial charge on any atom is 0.308 e. The van der Waals surface area contributed by atoms with Gasteiger partial charge < -0.3 is 4.90 Å². The first-order valence-electron chi connectivity index (χ1n) is 6.79. The highest BCUT2D eigenvalue weighted by atomic mass is 19.1. The maximum absolute atomic E-state index is 14.1. The minimum absolute atomic E-state index is 0.108. The molecular formula is C14H16F2N2O3. The quantitative estimate of drug-likeness (QED) is 0.621. The van der Waals surface area contributed by atoms with Crippen LogP contribution in [0.4, 0.5) is 14.5 Å². The molecule has 0 saturated carbocycles. The van der Waals surface area contributed by atoms with Gasteiger partial charge in [0.05, 0.1) is 16.6 Å². The van der Waals surface area contributed by atoms with E-state index in [1.54, 1.807) is 0 Å². The third-order valence-corrected chi connectivity index (χ3v) is 3.87. The third-order valence-electron chi connectivity index (χ3n) is 3.87. The van der Waals surface area contributed by atoms with Crippen LogP contribution in [0.2, 0.25) is 0 Å². The number of amides is 1. The van der Waals surface area contributed by atoms with Gasteiger partial charge in [0.1, 0.15) is 5.82 Å². The Labute approximate surface area is 120 Å². The molecule has 1 fully saturated rings. The summed E-state index contributed by atoms with van der Waals surface area (Å²) < 4.78 is 27.6. The molecule has 0 aliphatic carbocycles. The van der Waals surface area contributed by atoms with Gasteiger partial charge in [0, 0.05) is 12.1 Å². The number of rotatable bonds is 2. The fraction of sp³-hybridized carbons (Fsp3) is 0.500. The van der Waals surface area contributed by atoms with Gasteiger partial charge in [-0.2, -0.15) is 4.39 Å². The first-order valence-corrected chi connectivity index (χ1v) is 6.79. The number of likely N-dealkylation sites (tertiary alicyclic amines) is 1. The molecule has 1 aliphatic rings. The van der Waals surface area contributed by atoms with E-state index >= 15 is 0 Å². The zero-order chi connectivity index (χ0) is 15.7. The van der Waals surface area contributed by atoms with Crippen molar-refractivity contribution in [3.63, 3.8) is 0 Å². The van der Waals surface area contributed by atoms with E-state index in [2.05, 4.69) is 0 Å². The number of hydrogen-bond donors (Lipinski definition) is 0. The fourth-order valence-corrected chi connectivity index (χ4v) is 2.82. The van der Waals surface area contributed by atoms with Crippen molar-refractivity contribution in [3.05, 3.63) is 39.4 Å². The first-order chi connectivity index (χ1) is 9.82. The summed E-state index contributed by atoms with van der Waals surface area (Å²) in [6.45, 7) is 3.67. The summed E-state index contributed by atoms with van der Waals surface area (Å²) in [6.07, 6.45) is 2.50. The van der Waals surface area contributed by atoms with E-state index in [0.717, 1.165) is 25.3 Å². The summed E-state index contributed by atoms with van der Waals surface area (Å²) in [5.41, 5.74) is -1.60. The van der Waals surface area contributed by atoms with Crippen LogP contribution in [0.15, 0.2) is 12.1 Å². The minimum atomic E-state index is -1.28. The summed E-state index contributed by atoms with van der Waals surface area (Å²) in [5.74, 6) is -2.98. The van der Waals surface area contributed by atoms with Gasteiger partial charge in [0.15, 0.2) is 0 Å². The van der Waals surface area contributed by atoms with E-state index in [4.69, 9.17) is 0 Å². The van der Waals surface area contributed by atoms with E-state index in [9.17, 15) is 23.7 Å². The highest BCUT2D eigenvalue weighted by Gasteiger charge is 2.33. The van der Waals surface area contributed by atoms with Crippen LogP contribution in [0.1, 0.15) is 43.5 Å². The molecule has 1 heterocycles. The zero-order valence-electron chi connectivity index (χ0n) is 11.8. The number of carbonyl (C=O) groups excluding carboxylic acids is 1. The van der Waals surface area contributed by atoms with Crippen molar-refractivity contribution >= 4 is 11.6 Å². The molecule has 0 bridgehead atoms. The van der Waals surface area contributed by atoms with Crippen LogP contribution in [0.25, 0.3) is 0 Å². The van der Waals surface area contributed by atoms with Crippen LogP contribution >= 0.6 is 0 Å². The number of nitro groups is 1. The summed E-state index contributed by atoms with van der Waals surface area (Å²) in [6, 6.07) is 0.986.